The maximum atomic E-state index is 5.47. The lowest BCUT2D eigenvalue weighted by Crippen LogP contribution is -2.11. The van der Waals surface area contributed by atoms with Gasteiger partial charge < -0.3 is 14.6 Å². The van der Waals surface area contributed by atoms with E-state index in [0.29, 0.717) is 12.7 Å². The summed E-state index contributed by atoms with van der Waals surface area (Å²) in [6.45, 7) is 3.64. The van der Waals surface area contributed by atoms with Gasteiger partial charge in [0, 0.05) is 13.0 Å². The zero-order chi connectivity index (χ0) is 10.7. The van der Waals surface area contributed by atoms with Gasteiger partial charge in [-0.25, -0.2) is 0 Å². The van der Waals surface area contributed by atoms with E-state index >= 15 is 0 Å². The Morgan fingerprint density at radius 1 is 1.53 bits per heavy atom. The fraction of sp³-hybridized carbons (Fsp3) is 0.800. The maximum absolute atomic E-state index is 5.47. The Balaban J connectivity index is 1.94. The molecule has 0 bridgehead atoms. The highest BCUT2D eigenvalue weighted by Gasteiger charge is 2.28. The summed E-state index contributed by atoms with van der Waals surface area (Å²) in [7, 11) is 1.91. The molecule has 0 amide bonds. The van der Waals surface area contributed by atoms with Crippen LogP contribution >= 0.6 is 0 Å². The van der Waals surface area contributed by atoms with Crippen LogP contribution in [0.4, 0.5) is 0 Å². The van der Waals surface area contributed by atoms with Crippen molar-refractivity contribution in [3.05, 3.63) is 11.7 Å². The van der Waals surface area contributed by atoms with Crippen LogP contribution in [0, 0.1) is 0 Å². The third kappa shape index (κ3) is 2.54. The van der Waals surface area contributed by atoms with Crippen molar-refractivity contribution in [2.75, 3.05) is 20.2 Å². The van der Waals surface area contributed by atoms with Crippen LogP contribution in [0.3, 0.4) is 0 Å². The van der Waals surface area contributed by atoms with Crippen LogP contribution in [0.25, 0.3) is 0 Å². The van der Waals surface area contributed by atoms with Gasteiger partial charge in [0.15, 0.2) is 5.82 Å². The standard InChI is InChI=1S/C10H17N3O2/c1-7-5-8(6-14-7)10-12-9(13-15-10)3-4-11-2/h7-8,11H,3-6H2,1-2H3. The summed E-state index contributed by atoms with van der Waals surface area (Å²) in [5, 5.41) is 7.00. The van der Waals surface area contributed by atoms with Crippen LogP contribution in [0.5, 0.6) is 0 Å². The van der Waals surface area contributed by atoms with Gasteiger partial charge in [-0.2, -0.15) is 4.98 Å². The van der Waals surface area contributed by atoms with Crippen molar-refractivity contribution < 1.29 is 9.26 Å². The molecule has 0 saturated carbocycles. The maximum Gasteiger partial charge on any atom is 0.232 e. The second-order valence-corrected chi connectivity index (χ2v) is 3.98. The van der Waals surface area contributed by atoms with Crippen LogP contribution in [0.1, 0.15) is 31.0 Å². The first-order chi connectivity index (χ1) is 7.29. The van der Waals surface area contributed by atoms with Crippen LogP contribution in [-0.4, -0.2) is 36.4 Å². The van der Waals surface area contributed by atoms with Crippen molar-refractivity contribution >= 4 is 0 Å². The number of aromatic nitrogens is 2. The molecule has 0 aromatic carbocycles. The largest absolute Gasteiger partial charge is 0.378 e. The first kappa shape index (κ1) is 10.6. The molecule has 2 atom stereocenters. The lowest BCUT2D eigenvalue weighted by atomic mass is 10.1. The third-order valence-electron chi connectivity index (χ3n) is 2.63. The summed E-state index contributed by atoms with van der Waals surface area (Å²) < 4.78 is 10.7. The smallest absolute Gasteiger partial charge is 0.232 e. The number of rotatable bonds is 4. The summed E-state index contributed by atoms with van der Waals surface area (Å²) in [6.07, 6.45) is 2.10. The second kappa shape index (κ2) is 4.72. The zero-order valence-corrected chi connectivity index (χ0v) is 9.19. The van der Waals surface area contributed by atoms with E-state index in [1.807, 2.05) is 7.05 Å². The van der Waals surface area contributed by atoms with Crippen molar-refractivity contribution in [2.45, 2.75) is 31.8 Å². The molecule has 15 heavy (non-hydrogen) atoms. The number of ether oxygens (including phenoxy) is 1. The van der Waals surface area contributed by atoms with Crippen molar-refractivity contribution in [2.24, 2.45) is 0 Å². The number of nitrogens with zero attached hydrogens (tertiary/aromatic N) is 2. The Bertz CT molecular complexity index is 313. The molecule has 2 heterocycles. The molecule has 5 nitrogen and oxygen atoms in total. The van der Waals surface area contributed by atoms with Gasteiger partial charge in [-0.05, 0) is 20.4 Å². The van der Waals surface area contributed by atoms with Gasteiger partial charge in [0.2, 0.25) is 5.89 Å². The van der Waals surface area contributed by atoms with Crippen LogP contribution in [0.2, 0.25) is 0 Å². The number of nitrogens with one attached hydrogen (secondary N) is 1. The zero-order valence-electron chi connectivity index (χ0n) is 9.19. The predicted molar refractivity (Wildman–Crippen MR) is 54.7 cm³/mol. The van der Waals surface area contributed by atoms with Gasteiger partial charge in [0.1, 0.15) is 0 Å². The minimum Gasteiger partial charge on any atom is -0.378 e. The van der Waals surface area contributed by atoms with E-state index in [1.54, 1.807) is 0 Å². The molecule has 84 valence electrons. The fourth-order valence-electron chi connectivity index (χ4n) is 1.76. The van der Waals surface area contributed by atoms with Crippen molar-refractivity contribution in [3.63, 3.8) is 0 Å². The molecule has 1 aromatic heterocycles. The summed E-state index contributed by atoms with van der Waals surface area (Å²) in [5.74, 6) is 1.79. The van der Waals surface area contributed by atoms with E-state index in [2.05, 4.69) is 22.4 Å². The average Bonchev–Trinajstić information content (AvgIpc) is 2.83. The number of hydrogen-bond donors (Lipinski definition) is 1. The van der Waals surface area contributed by atoms with Gasteiger partial charge in [0.25, 0.3) is 0 Å². The van der Waals surface area contributed by atoms with Gasteiger partial charge in [-0.3, -0.25) is 0 Å². The number of hydrogen-bond acceptors (Lipinski definition) is 5. The molecule has 2 unspecified atom stereocenters. The van der Waals surface area contributed by atoms with E-state index in [4.69, 9.17) is 9.26 Å². The monoisotopic (exact) mass is 211 g/mol. The molecule has 1 aliphatic heterocycles. The topological polar surface area (TPSA) is 60.2 Å². The highest BCUT2D eigenvalue weighted by Crippen LogP contribution is 2.27. The van der Waals surface area contributed by atoms with E-state index < -0.39 is 0 Å². The molecule has 1 aliphatic rings. The normalized spacial score (nSPS) is 26.0. The van der Waals surface area contributed by atoms with Crippen LogP contribution < -0.4 is 5.32 Å². The summed E-state index contributed by atoms with van der Waals surface area (Å²) in [4.78, 5) is 4.37. The lowest BCUT2D eigenvalue weighted by Gasteiger charge is -1.98. The first-order valence-electron chi connectivity index (χ1n) is 5.38. The molecule has 1 fully saturated rings. The molecule has 1 saturated heterocycles. The van der Waals surface area contributed by atoms with E-state index in [-0.39, 0.29) is 5.92 Å². The SMILES string of the molecule is CNCCc1noc(C2COC(C)C2)n1. The Hall–Kier alpha value is -0.940. The first-order valence-corrected chi connectivity index (χ1v) is 5.38. The molecule has 2 rings (SSSR count). The van der Waals surface area contributed by atoms with E-state index in [1.165, 1.54) is 0 Å². The molecule has 0 radical (unpaired) electrons. The Kier molecular flexibility index (Phi) is 3.33. The van der Waals surface area contributed by atoms with Crippen LogP contribution in [-0.2, 0) is 11.2 Å². The summed E-state index contributed by atoms with van der Waals surface area (Å²) >= 11 is 0. The number of likely N-dealkylation sites (N-methyl/N-ethyl adjacent to an activating group) is 1. The lowest BCUT2D eigenvalue weighted by molar-refractivity contribution is 0.122. The third-order valence-corrected chi connectivity index (χ3v) is 2.63. The van der Waals surface area contributed by atoms with Gasteiger partial charge in [-0.15, -0.1) is 0 Å². The molecule has 1 aromatic rings. The molecular formula is C10H17N3O2. The van der Waals surface area contributed by atoms with E-state index in [0.717, 1.165) is 31.1 Å². The minimum atomic E-state index is 0.288. The Labute approximate surface area is 89.2 Å². The Morgan fingerprint density at radius 3 is 3.07 bits per heavy atom. The highest BCUT2D eigenvalue weighted by molar-refractivity contribution is 4.97. The molecule has 1 N–H and O–H groups in total. The van der Waals surface area contributed by atoms with Gasteiger partial charge in [-0.1, -0.05) is 5.16 Å². The Morgan fingerprint density at radius 2 is 2.40 bits per heavy atom. The van der Waals surface area contributed by atoms with Gasteiger partial charge in [0.05, 0.1) is 18.6 Å². The van der Waals surface area contributed by atoms with Crippen LogP contribution in [0.15, 0.2) is 4.52 Å². The molecule has 5 heteroatoms. The van der Waals surface area contributed by atoms with Gasteiger partial charge >= 0.3 is 0 Å². The quantitative estimate of drug-likeness (QED) is 0.795. The molecule has 0 aliphatic carbocycles. The minimum absolute atomic E-state index is 0.288. The van der Waals surface area contributed by atoms with Crippen molar-refractivity contribution in [1.29, 1.82) is 0 Å². The molecule has 0 spiro atoms. The predicted octanol–water partition coefficient (Wildman–Crippen LogP) is 0.724. The van der Waals surface area contributed by atoms with E-state index in [9.17, 15) is 0 Å². The highest BCUT2D eigenvalue weighted by atomic mass is 16.5. The second-order valence-electron chi connectivity index (χ2n) is 3.98. The fourth-order valence-corrected chi connectivity index (χ4v) is 1.76. The van der Waals surface area contributed by atoms with Crippen molar-refractivity contribution in [1.82, 2.24) is 15.5 Å². The molecular weight excluding hydrogens is 194 g/mol. The average molecular weight is 211 g/mol. The summed E-state index contributed by atoms with van der Waals surface area (Å²) in [5.41, 5.74) is 0. The van der Waals surface area contributed by atoms with Crippen molar-refractivity contribution in [3.8, 4) is 0 Å². The summed E-state index contributed by atoms with van der Waals surface area (Å²) in [6, 6.07) is 0.